The molecule has 1 atom stereocenters. The minimum atomic E-state index is -0.251. The molecular weight excluding hydrogens is 241 g/mol. The van der Waals surface area contributed by atoms with Gasteiger partial charge >= 0.3 is 0 Å². The van der Waals surface area contributed by atoms with Crippen molar-refractivity contribution in [2.45, 2.75) is 39.0 Å². The molecule has 3 heteroatoms. The number of carbonyl (C=O) groups excluding carboxylic acids is 1. The molecule has 0 amide bonds. The summed E-state index contributed by atoms with van der Waals surface area (Å²) in [5.41, 5.74) is 0.703. The van der Waals surface area contributed by atoms with Gasteiger partial charge in [-0.05, 0) is 43.5 Å². The normalized spacial score (nSPS) is 23.3. The van der Waals surface area contributed by atoms with Gasteiger partial charge in [0.1, 0.15) is 11.6 Å². The first kappa shape index (κ1) is 14.2. The van der Waals surface area contributed by atoms with E-state index in [-0.39, 0.29) is 11.2 Å². The molecule has 0 radical (unpaired) electrons. The maximum Gasteiger partial charge on any atom is 0.144 e. The molecule has 1 fully saturated rings. The summed E-state index contributed by atoms with van der Waals surface area (Å²) in [4.78, 5) is 12.6. The van der Waals surface area contributed by atoms with Crippen LogP contribution in [-0.4, -0.2) is 18.9 Å². The Morgan fingerprint density at radius 1 is 1.37 bits per heavy atom. The number of piperidine rings is 1. The van der Waals surface area contributed by atoms with Gasteiger partial charge in [0.25, 0.3) is 0 Å². The fourth-order valence-corrected chi connectivity index (χ4v) is 3.01. The van der Waals surface area contributed by atoms with Gasteiger partial charge in [-0.2, -0.15) is 0 Å². The number of benzene rings is 1. The fraction of sp³-hybridized carbons (Fsp3) is 0.562. The molecular formula is C16H22FNO. The maximum atomic E-state index is 12.9. The van der Waals surface area contributed by atoms with Crippen molar-refractivity contribution in [1.82, 2.24) is 5.32 Å². The van der Waals surface area contributed by atoms with Crippen LogP contribution in [0, 0.1) is 11.2 Å². The Labute approximate surface area is 114 Å². The highest BCUT2D eigenvalue weighted by Gasteiger charge is 2.37. The molecule has 1 aliphatic rings. The first-order chi connectivity index (χ1) is 9.16. The number of carbonyl (C=O) groups is 1. The summed E-state index contributed by atoms with van der Waals surface area (Å²) < 4.78 is 12.9. The number of halogens is 1. The second kappa shape index (κ2) is 6.29. The number of Topliss-reactive ketones (excluding diaryl/α,β-unsaturated/α-hetero) is 1. The summed E-state index contributed by atoms with van der Waals surface area (Å²) in [6.45, 7) is 3.93. The molecule has 1 aromatic carbocycles. The van der Waals surface area contributed by atoms with E-state index in [0.717, 1.165) is 44.3 Å². The molecule has 1 N–H and O–H groups in total. The largest absolute Gasteiger partial charge is 0.316 e. The average molecular weight is 263 g/mol. The lowest BCUT2D eigenvalue weighted by Gasteiger charge is -2.36. The van der Waals surface area contributed by atoms with Gasteiger partial charge in [0.2, 0.25) is 0 Å². The third kappa shape index (κ3) is 3.41. The zero-order valence-electron chi connectivity index (χ0n) is 11.5. The van der Waals surface area contributed by atoms with E-state index in [2.05, 4.69) is 12.2 Å². The number of hydrogen-bond acceptors (Lipinski definition) is 2. The molecule has 104 valence electrons. The van der Waals surface area contributed by atoms with Crippen LogP contribution < -0.4 is 5.32 Å². The summed E-state index contributed by atoms with van der Waals surface area (Å²) in [5, 5.41) is 3.36. The molecule has 1 saturated heterocycles. The summed E-state index contributed by atoms with van der Waals surface area (Å²) >= 11 is 0. The lowest BCUT2D eigenvalue weighted by Crippen LogP contribution is -2.46. The Balaban J connectivity index is 2.09. The average Bonchev–Trinajstić information content (AvgIpc) is 2.43. The van der Waals surface area contributed by atoms with Crippen LogP contribution >= 0.6 is 0 Å². The van der Waals surface area contributed by atoms with Crippen molar-refractivity contribution < 1.29 is 9.18 Å². The SMILES string of the molecule is CCCC1(C(=O)Cc2ccc(F)cc2)CCCNC1. The molecule has 0 aliphatic carbocycles. The highest BCUT2D eigenvalue weighted by molar-refractivity contribution is 5.87. The summed E-state index contributed by atoms with van der Waals surface area (Å²) in [6.07, 6.45) is 4.43. The van der Waals surface area contributed by atoms with E-state index in [1.165, 1.54) is 12.1 Å². The van der Waals surface area contributed by atoms with Gasteiger partial charge < -0.3 is 5.32 Å². The minimum absolute atomic E-state index is 0.207. The third-order valence-electron chi connectivity index (χ3n) is 4.07. The molecule has 0 spiro atoms. The first-order valence-corrected chi connectivity index (χ1v) is 7.15. The van der Waals surface area contributed by atoms with Crippen molar-refractivity contribution in [3.63, 3.8) is 0 Å². The Hall–Kier alpha value is -1.22. The van der Waals surface area contributed by atoms with Crippen LogP contribution in [-0.2, 0) is 11.2 Å². The van der Waals surface area contributed by atoms with Crippen molar-refractivity contribution in [3.05, 3.63) is 35.6 Å². The van der Waals surface area contributed by atoms with Crippen LogP contribution in [0.2, 0.25) is 0 Å². The second-order valence-electron chi connectivity index (χ2n) is 5.54. The van der Waals surface area contributed by atoms with E-state index in [1.807, 2.05) is 0 Å². The Morgan fingerprint density at radius 2 is 2.11 bits per heavy atom. The predicted octanol–water partition coefficient (Wildman–Crippen LogP) is 3.11. The lowest BCUT2D eigenvalue weighted by molar-refractivity contribution is -0.129. The van der Waals surface area contributed by atoms with Gasteiger partial charge in [-0.15, -0.1) is 0 Å². The van der Waals surface area contributed by atoms with Crippen LogP contribution in [0.15, 0.2) is 24.3 Å². The summed E-state index contributed by atoms with van der Waals surface area (Å²) in [7, 11) is 0. The van der Waals surface area contributed by atoms with Crippen LogP contribution in [0.4, 0.5) is 4.39 Å². The van der Waals surface area contributed by atoms with E-state index in [0.29, 0.717) is 12.2 Å². The van der Waals surface area contributed by atoms with Crippen LogP contribution in [0.1, 0.15) is 38.2 Å². The monoisotopic (exact) mass is 263 g/mol. The quantitative estimate of drug-likeness (QED) is 0.884. The second-order valence-corrected chi connectivity index (χ2v) is 5.54. The predicted molar refractivity (Wildman–Crippen MR) is 74.6 cm³/mol. The van der Waals surface area contributed by atoms with Crippen molar-refractivity contribution in [3.8, 4) is 0 Å². The Morgan fingerprint density at radius 3 is 2.68 bits per heavy atom. The number of ketones is 1. The van der Waals surface area contributed by atoms with Crippen molar-refractivity contribution in [2.75, 3.05) is 13.1 Å². The maximum absolute atomic E-state index is 12.9. The molecule has 0 aromatic heterocycles. The van der Waals surface area contributed by atoms with E-state index in [1.54, 1.807) is 12.1 Å². The Kier molecular flexibility index (Phi) is 4.70. The molecule has 19 heavy (non-hydrogen) atoms. The molecule has 0 bridgehead atoms. The van der Waals surface area contributed by atoms with Gasteiger partial charge in [-0.25, -0.2) is 4.39 Å². The molecule has 1 aliphatic heterocycles. The van der Waals surface area contributed by atoms with Gasteiger partial charge in [-0.3, -0.25) is 4.79 Å². The van der Waals surface area contributed by atoms with Crippen LogP contribution in [0.3, 0.4) is 0 Å². The van der Waals surface area contributed by atoms with E-state index >= 15 is 0 Å². The van der Waals surface area contributed by atoms with Crippen molar-refractivity contribution >= 4 is 5.78 Å². The van der Waals surface area contributed by atoms with Gasteiger partial charge in [0.15, 0.2) is 0 Å². The van der Waals surface area contributed by atoms with Gasteiger partial charge in [0.05, 0.1) is 0 Å². The highest BCUT2D eigenvalue weighted by Crippen LogP contribution is 2.33. The molecule has 1 aromatic rings. The standard InChI is InChI=1S/C16H22FNO/c1-2-8-16(9-3-10-18-12-16)15(19)11-13-4-6-14(17)7-5-13/h4-7,18H,2-3,8-12H2,1H3. The highest BCUT2D eigenvalue weighted by atomic mass is 19.1. The topological polar surface area (TPSA) is 29.1 Å². The third-order valence-corrected chi connectivity index (χ3v) is 4.07. The molecule has 2 rings (SSSR count). The molecule has 1 heterocycles. The van der Waals surface area contributed by atoms with Crippen molar-refractivity contribution in [1.29, 1.82) is 0 Å². The Bertz CT molecular complexity index is 415. The number of nitrogens with one attached hydrogen (secondary N) is 1. The zero-order chi connectivity index (χ0) is 13.7. The van der Waals surface area contributed by atoms with Crippen LogP contribution in [0.25, 0.3) is 0 Å². The van der Waals surface area contributed by atoms with E-state index in [4.69, 9.17) is 0 Å². The zero-order valence-corrected chi connectivity index (χ0v) is 11.5. The number of hydrogen-bond donors (Lipinski definition) is 1. The minimum Gasteiger partial charge on any atom is -0.316 e. The van der Waals surface area contributed by atoms with Gasteiger partial charge in [-0.1, -0.05) is 25.5 Å². The smallest absolute Gasteiger partial charge is 0.144 e. The van der Waals surface area contributed by atoms with E-state index in [9.17, 15) is 9.18 Å². The van der Waals surface area contributed by atoms with Crippen molar-refractivity contribution in [2.24, 2.45) is 5.41 Å². The van der Waals surface area contributed by atoms with Crippen LogP contribution in [0.5, 0.6) is 0 Å². The van der Waals surface area contributed by atoms with Gasteiger partial charge in [0, 0.05) is 18.4 Å². The molecule has 2 nitrogen and oxygen atoms in total. The first-order valence-electron chi connectivity index (χ1n) is 7.15. The lowest BCUT2D eigenvalue weighted by atomic mass is 9.72. The molecule has 0 saturated carbocycles. The van der Waals surface area contributed by atoms with E-state index < -0.39 is 0 Å². The fourth-order valence-electron chi connectivity index (χ4n) is 3.01. The molecule has 1 unspecified atom stereocenters. The summed E-state index contributed by atoms with van der Waals surface area (Å²) in [5.74, 6) is 0.0481. The number of rotatable bonds is 5. The summed E-state index contributed by atoms with van der Waals surface area (Å²) in [6, 6.07) is 6.27.